The number of hydrogen-bond acceptors (Lipinski definition) is 5. The molecule has 0 aromatic heterocycles. The lowest BCUT2D eigenvalue weighted by molar-refractivity contribution is -0.870. The molecule has 298 valence electrons. The Balaban J connectivity index is 4.16. The molecule has 0 saturated carbocycles. The Morgan fingerprint density at radius 2 is 1.08 bits per heavy atom. The van der Waals surface area contributed by atoms with Gasteiger partial charge in [-0.1, -0.05) is 161 Å². The van der Waals surface area contributed by atoms with E-state index in [9.17, 15) is 19.4 Å². The fourth-order valence-electron chi connectivity index (χ4n) is 6.10. The van der Waals surface area contributed by atoms with Crippen molar-refractivity contribution in [3.63, 3.8) is 0 Å². The van der Waals surface area contributed by atoms with Gasteiger partial charge in [0.1, 0.15) is 13.2 Å². The maximum atomic E-state index is 12.8. The molecule has 0 bridgehead atoms. The van der Waals surface area contributed by atoms with E-state index in [2.05, 4.69) is 31.3 Å². The van der Waals surface area contributed by atoms with Gasteiger partial charge in [0.05, 0.1) is 39.9 Å². The molecule has 8 nitrogen and oxygen atoms in total. The molecule has 50 heavy (non-hydrogen) atoms. The number of aliphatic hydroxyl groups is 1. The molecular weight excluding hydrogens is 647 g/mol. The van der Waals surface area contributed by atoms with Gasteiger partial charge in [-0.3, -0.25) is 13.8 Å². The monoisotopic (exact) mass is 732 g/mol. The number of nitrogens with one attached hydrogen (secondary N) is 1. The number of rotatable bonds is 38. The number of phosphoric acid groups is 1. The zero-order valence-corrected chi connectivity index (χ0v) is 34.5. The van der Waals surface area contributed by atoms with Crippen molar-refractivity contribution in [2.75, 3.05) is 40.9 Å². The van der Waals surface area contributed by atoms with Crippen molar-refractivity contribution < 1.29 is 32.9 Å². The van der Waals surface area contributed by atoms with Gasteiger partial charge < -0.3 is 19.8 Å². The molecule has 0 heterocycles. The van der Waals surface area contributed by atoms with Crippen LogP contribution in [0.2, 0.25) is 0 Å². The minimum absolute atomic E-state index is 0.0754. The number of unbranched alkanes of at least 4 members (excludes halogenated alkanes) is 23. The fourth-order valence-corrected chi connectivity index (χ4v) is 6.83. The standard InChI is InChI=1S/C41H83N2O6P/c1-6-8-10-12-14-15-16-17-18-19-20-21-22-23-24-25-26-27-29-31-33-35-41(45)42-39(40(44)34-32-30-28-13-11-9-7-2)38-49-50(46,47)48-37-36-43(3,4)5/h19-20,39-40,44H,6-18,21-38H2,1-5H3,(H-,42,45,46,47)/p+1/b20-19-. The van der Waals surface area contributed by atoms with E-state index in [4.69, 9.17) is 9.05 Å². The van der Waals surface area contributed by atoms with Gasteiger partial charge in [-0.2, -0.15) is 0 Å². The van der Waals surface area contributed by atoms with Gasteiger partial charge in [-0.15, -0.1) is 0 Å². The van der Waals surface area contributed by atoms with E-state index in [0.717, 1.165) is 38.5 Å². The minimum atomic E-state index is -4.30. The van der Waals surface area contributed by atoms with Crippen molar-refractivity contribution in [2.45, 2.75) is 206 Å². The van der Waals surface area contributed by atoms with E-state index < -0.39 is 20.0 Å². The van der Waals surface area contributed by atoms with Crippen LogP contribution >= 0.6 is 7.82 Å². The molecule has 1 amide bonds. The molecule has 0 fully saturated rings. The first-order valence-corrected chi connectivity index (χ1v) is 22.5. The number of aliphatic hydroxyl groups excluding tert-OH is 1. The van der Waals surface area contributed by atoms with Crippen molar-refractivity contribution in [2.24, 2.45) is 0 Å². The lowest BCUT2D eigenvalue weighted by atomic mass is 10.0. The largest absolute Gasteiger partial charge is 0.472 e. The Hall–Kier alpha value is -0.760. The molecule has 0 rings (SSSR count). The molecule has 0 aromatic rings. The van der Waals surface area contributed by atoms with Crippen LogP contribution in [0.15, 0.2) is 12.2 Å². The summed E-state index contributed by atoms with van der Waals surface area (Å²) in [6, 6.07) is -0.754. The van der Waals surface area contributed by atoms with Crippen LogP contribution in [0.4, 0.5) is 0 Å². The number of likely N-dealkylation sites (N-methyl/N-ethyl adjacent to an activating group) is 1. The van der Waals surface area contributed by atoms with Crippen LogP contribution in [0.5, 0.6) is 0 Å². The van der Waals surface area contributed by atoms with Crippen LogP contribution in [0, 0.1) is 0 Å². The zero-order chi connectivity index (χ0) is 37.2. The van der Waals surface area contributed by atoms with E-state index in [1.165, 1.54) is 128 Å². The molecule has 0 saturated heterocycles. The maximum absolute atomic E-state index is 12.8. The summed E-state index contributed by atoms with van der Waals surface area (Å²) >= 11 is 0. The highest BCUT2D eigenvalue weighted by Gasteiger charge is 2.28. The molecule has 3 unspecified atom stereocenters. The summed E-state index contributed by atoms with van der Waals surface area (Å²) < 4.78 is 23.5. The first kappa shape index (κ1) is 49.2. The lowest BCUT2D eigenvalue weighted by Gasteiger charge is -2.26. The van der Waals surface area contributed by atoms with Gasteiger partial charge in [0.25, 0.3) is 0 Å². The Labute approximate surface area is 310 Å². The fraction of sp³-hybridized carbons (Fsp3) is 0.927. The third-order valence-electron chi connectivity index (χ3n) is 9.51. The number of carbonyl (C=O) groups is 1. The van der Waals surface area contributed by atoms with Crippen molar-refractivity contribution in [1.82, 2.24) is 5.32 Å². The van der Waals surface area contributed by atoms with E-state index in [-0.39, 0.29) is 19.1 Å². The summed E-state index contributed by atoms with van der Waals surface area (Å²) in [6.45, 7) is 4.84. The lowest BCUT2D eigenvalue weighted by Crippen LogP contribution is -2.46. The molecule has 9 heteroatoms. The molecule has 0 aromatic carbocycles. The van der Waals surface area contributed by atoms with E-state index >= 15 is 0 Å². The third-order valence-corrected chi connectivity index (χ3v) is 10.5. The van der Waals surface area contributed by atoms with E-state index in [1.54, 1.807) is 0 Å². The molecule has 3 atom stereocenters. The van der Waals surface area contributed by atoms with E-state index in [0.29, 0.717) is 23.9 Å². The van der Waals surface area contributed by atoms with Crippen molar-refractivity contribution in [1.29, 1.82) is 0 Å². The van der Waals surface area contributed by atoms with Gasteiger partial charge in [0.2, 0.25) is 5.91 Å². The second-order valence-corrected chi connectivity index (χ2v) is 17.2. The number of amides is 1. The third kappa shape index (κ3) is 35.6. The normalized spacial score (nSPS) is 14.6. The number of carbonyl (C=O) groups excluding carboxylic acids is 1. The molecule has 0 aliphatic rings. The Morgan fingerprint density at radius 1 is 0.660 bits per heavy atom. The number of phosphoric ester groups is 1. The molecule has 0 aliphatic heterocycles. The summed E-state index contributed by atoms with van der Waals surface area (Å²) in [6.07, 6.45) is 36.8. The summed E-state index contributed by atoms with van der Waals surface area (Å²) in [4.78, 5) is 23.0. The van der Waals surface area contributed by atoms with Crippen molar-refractivity contribution in [3.8, 4) is 0 Å². The van der Waals surface area contributed by atoms with E-state index in [1.807, 2.05) is 21.1 Å². The van der Waals surface area contributed by atoms with Crippen molar-refractivity contribution >= 4 is 13.7 Å². The van der Waals surface area contributed by atoms with Gasteiger partial charge in [-0.25, -0.2) is 4.57 Å². The first-order valence-electron chi connectivity index (χ1n) is 21.1. The van der Waals surface area contributed by atoms with Gasteiger partial charge >= 0.3 is 7.82 Å². The maximum Gasteiger partial charge on any atom is 0.472 e. The van der Waals surface area contributed by atoms with Gasteiger partial charge in [-0.05, 0) is 38.5 Å². The van der Waals surface area contributed by atoms with Crippen molar-refractivity contribution in [3.05, 3.63) is 12.2 Å². The number of nitrogens with zero attached hydrogens (tertiary/aromatic N) is 1. The average Bonchev–Trinajstić information content (AvgIpc) is 3.06. The second kappa shape index (κ2) is 34.0. The molecule has 0 aliphatic carbocycles. The SMILES string of the molecule is CCCCCCCCCC/C=C\CCCCCCCCCCCC(=O)NC(COP(=O)(O)OCC[N+](C)(C)C)C(O)CCCCCCCCC. The summed E-state index contributed by atoms with van der Waals surface area (Å²) in [5.74, 6) is -0.150. The molecule has 3 N–H and O–H groups in total. The highest BCUT2D eigenvalue weighted by atomic mass is 31.2. The highest BCUT2D eigenvalue weighted by molar-refractivity contribution is 7.47. The number of quaternary nitrogens is 1. The predicted molar refractivity (Wildman–Crippen MR) is 212 cm³/mol. The summed E-state index contributed by atoms with van der Waals surface area (Å²) in [5, 5.41) is 13.8. The Morgan fingerprint density at radius 3 is 1.54 bits per heavy atom. The Kier molecular flexibility index (Phi) is 33.5. The molecular formula is C41H84N2O6P+. The van der Waals surface area contributed by atoms with Gasteiger partial charge in [0.15, 0.2) is 0 Å². The highest BCUT2D eigenvalue weighted by Crippen LogP contribution is 2.43. The topological polar surface area (TPSA) is 105 Å². The van der Waals surface area contributed by atoms with Crippen LogP contribution in [-0.4, -0.2) is 73.4 Å². The average molecular weight is 732 g/mol. The van der Waals surface area contributed by atoms with Crippen LogP contribution < -0.4 is 5.32 Å². The summed E-state index contributed by atoms with van der Waals surface area (Å²) in [5.41, 5.74) is 0. The summed E-state index contributed by atoms with van der Waals surface area (Å²) in [7, 11) is 1.61. The first-order chi connectivity index (χ1) is 24.0. The molecule has 0 radical (unpaired) electrons. The smallest absolute Gasteiger partial charge is 0.391 e. The number of allylic oxidation sites excluding steroid dienone is 2. The van der Waals surface area contributed by atoms with Gasteiger partial charge in [0, 0.05) is 6.42 Å². The molecule has 0 spiro atoms. The van der Waals surface area contributed by atoms with Crippen LogP contribution in [-0.2, 0) is 18.4 Å². The Bertz CT molecular complexity index is 834. The van der Waals surface area contributed by atoms with Crippen LogP contribution in [0.1, 0.15) is 194 Å². The van der Waals surface area contributed by atoms with Crippen LogP contribution in [0.25, 0.3) is 0 Å². The second-order valence-electron chi connectivity index (χ2n) is 15.7. The van der Waals surface area contributed by atoms with Crippen LogP contribution in [0.3, 0.4) is 0 Å². The number of hydrogen-bond donors (Lipinski definition) is 3. The zero-order valence-electron chi connectivity index (χ0n) is 33.7. The minimum Gasteiger partial charge on any atom is -0.391 e. The quantitative estimate of drug-likeness (QED) is 0.0253. The predicted octanol–water partition coefficient (Wildman–Crippen LogP) is 11.2.